The van der Waals surface area contributed by atoms with Gasteiger partial charge in [-0.25, -0.2) is 0 Å². The third-order valence-corrected chi connectivity index (χ3v) is 3.56. The predicted octanol–water partition coefficient (Wildman–Crippen LogP) is 3.86. The van der Waals surface area contributed by atoms with E-state index >= 15 is 0 Å². The minimum atomic E-state index is -1.46. The molecule has 0 bridgehead atoms. The van der Waals surface area contributed by atoms with Crippen LogP contribution in [-0.2, 0) is 14.2 Å². The Balaban J connectivity index is 3.17. The van der Waals surface area contributed by atoms with Crippen molar-refractivity contribution in [3.63, 3.8) is 0 Å². The van der Waals surface area contributed by atoms with E-state index in [1.54, 1.807) is 0 Å². The van der Waals surface area contributed by atoms with Gasteiger partial charge in [0.15, 0.2) is 0 Å². The lowest BCUT2D eigenvalue weighted by atomic mass is 10.1. The molecule has 0 aliphatic rings. The highest BCUT2D eigenvalue weighted by atomic mass is 16.8. The number of hydrogen-bond acceptors (Lipinski definition) is 4. The van der Waals surface area contributed by atoms with Gasteiger partial charge in [-0.1, -0.05) is 51.9 Å². The zero-order valence-electron chi connectivity index (χ0n) is 13.7. The van der Waals surface area contributed by atoms with Crippen LogP contribution in [0.3, 0.4) is 0 Å². The van der Waals surface area contributed by atoms with E-state index in [-0.39, 0.29) is 0 Å². The number of hydrogen-bond donors (Lipinski definition) is 1. The fourth-order valence-corrected chi connectivity index (χ4v) is 2.13. The van der Waals surface area contributed by atoms with Gasteiger partial charge in [0.25, 0.3) is 5.97 Å². The van der Waals surface area contributed by atoms with Gasteiger partial charge in [-0.05, 0) is 12.8 Å². The summed E-state index contributed by atoms with van der Waals surface area (Å²) in [7, 11) is 2.87. The molecule has 0 saturated heterocycles. The van der Waals surface area contributed by atoms with E-state index in [1.807, 2.05) is 0 Å². The molecule has 122 valence electrons. The van der Waals surface area contributed by atoms with Gasteiger partial charge < -0.3 is 19.3 Å². The van der Waals surface area contributed by atoms with Crippen LogP contribution in [0.2, 0.25) is 0 Å². The lowest BCUT2D eigenvalue weighted by Gasteiger charge is -2.23. The Morgan fingerprint density at radius 1 is 0.750 bits per heavy atom. The van der Waals surface area contributed by atoms with Crippen LogP contribution in [0.5, 0.6) is 0 Å². The topological polar surface area (TPSA) is 47.9 Å². The lowest BCUT2D eigenvalue weighted by molar-refractivity contribution is -0.343. The number of aliphatic hydroxyl groups is 1. The summed E-state index contributed by atoms with van der Waals surface area (Å²) in [6.07, 6.45) is 11.7. The molecule has 20 heavy (non-hydrogen) atoms. The van der Waals surface area contributed by atoms with Crippen LogP contribution in [0.1, 0.15) is 71.1 Å². The monoisotopic (exact) mass is 290 g/mol. The highest BCUT2D eigenvalue weighted by Crippen LogP contribution is 2.14. The van der Waals surface area contributed by atoms with E-state index in [9.17, 15) is 5.11 Å². The minimum absolute atomic E-state index is 0.428. The largest absolute Gasteiger partial charge is 0.381 e. The molecule has 0 saturated carbocycles. The van der Waals surface area contributed by atoms with Crippen molar-refractivity contribution < 1.29 is 19.3 Å². The van der Waals surface area contributed by atoms with E-state index in [4.69, 9.17) is 14.2 Å². The van der Waals surface area contributed by atoms with E-state index in [1.165, 1.54) is 59.2 Å². The highest BCUT2D eigenvalue weighted by molar-refractivity contribution is 4.53. The summed E-state index contributed by atoms with van der Waals surface area (Å²) >= 11 is 0. The Morgan fingerprint density at radius 2 is 1.25 bits per heavy atom. The maximum Gasteiger partial charge on any atom is 0.279 e. The van der Waals surface area contributed by atoms with Gasteiger partial charge in [0, 0.05) is 33.9 Å². The third kappa shape index (κ3) is 11.6. The van der Waals surface area contributed by atoms with Gasteiger partial charge in [0.1, 0.15) is 0 Å². The molecular formula is C16H34O4. The molecule has 0 spiro atoms. The van der Waals surface area contributed by atoms with Gasteiger partial charge >= 0.3 is 0 Å². The van der Waals surface area contributed by atoms with Gasteiger partial charge in [-0.15, -0.1) is 0 Å². The second kappa shape index (κ2) is 13.8. The molecule has 4 nitrogen and oxygen atoms in total. The lowest BCUT2D eigenvalue weighted by Crippen LogP contribution is -2.33. The average Bonchev–Trinajstić information content (AvgIpc) is 2.48. The van der Waals surface area contributed by atoms with E-state index in [2.05, 4.69) is 6.92 Å². The second-order valence-corrected chi connectivity index (χ2v) is 5.31. The smallest absolute Gasteiger partial charge is 0.279 e. The zero-order valence-corrected chi connectivity index (χ0v) is 13.7. The summed E-state index contributed by atoms with van der Waals surface area (Å²) in [6.45, 7) is 3.70. The first-order valence-electron chi connectivity index (χ1n) is 8.09. The van der Waals surface area contributed by atoms with E-state index < -0.39 is 5.97 Å². The first kappa shape index (κ1) is 19.8. The Bertz CT molecular complexity index is 193. The third-order valence-electron chi connectivity index (χ3n) is 3.56. The molecule has 1 N–H and O–H groups in total. The average molecular weight is 290 g/mol. The highest BCUT2D eigenvalue weighted by Gasteiger charge is 2.24. The quantitative estimate of drug-likeness (QED) is 0.367. The Morgan fingerprint density at radius 3 is 1.80 bits per heavy atom. The maximum absolute atomic E-state index is 9.69. The molecule has 0 aromatic carbocycles. The summed E-state index contributed by atoms with van der Waals surface area (Å²) in [4.78, 5) is 0. The minimum Gasteiger partial charge on any atom is -0.381 e. The van der Waals surface area contributed by atoms with Crippen molar-refractivity contribution in [3.8, 4) is 0 Å². The molecule has 0 aromatic rings. The van der Waals surface area contributed by atoms with Crippen molar-refractivity contribution >= 4 is 0 Å². The molecule has 0 heterocycles. The van der Waals surface area contributed by atoms with E-state index in [0.717, 1.165) is 19.4 Å². The van der Waals surface area contributed by atoms with Crippen molar-refractivity contribution in [2.75, 3.05) is 27.4 Å². The fourth-order valence-electron chi connectivity index (χ4n) is 2.13. The number of methoxy groups -OCH3 is 2. The maximum atomic E-state index is 9.69. The normalized spacial score (nSPS) is 12.0. The molecule has 0 atom stereocenters. The summed E-state index contributed by atoms with van der Waals surface area (Å²) in [5.74, 6) is -1.46. The standard InChI is InChI=1S/C16H34O4/c1-4-5-6-7-8-9-10-11-14-20-15-12-13-16(17,18-2)19-3/h17H,4-15H2,1-3H3. The van der Waals surface area contributed by atoms with Crippen LogP contribution < -0.4 is 0 Å². The van der Waals surface area contributed by atoms with Crippen LogP contribution in [0.15, 0.2) is 0 Å². The van der Waals surface area contributed by atoms with Crippen molar-refractivity contribution in [2.45, 2.75) is 77.1 Å². The number of unbranched alkanes of at least 4 members (excludes halogenated alkanes) is 7. The number of rotatable bonds is 15. The fraction of sp³-hybridized carbons (Fsp3) is 1.00. The summed E-state index contributed by atoms with van der Waals surface area (Å²) in [5.41, 5.74) is 0. The summed E-state index contributed by atoms with van der Waals surface area (Å²) < 4.78 is 15.3. The molecule has 0 aliphatic carbocycles. The van der Waals surface area contributed by atoms with Crippen LogP contribution >= 0.6 is 0 Å². The molecule has 0 unspecified atom stereocenters. The van der Waals surface area contributed by atoms with Gasteiger partial charge in [0.2, 0.25) is 0 Å². The van der Waals surface area contributed by atoms with Gasteiger partial charge in [-0.2, -0.15) is 0 Å². The van der Waals surface area contributed by atoms with Crippen LogP contribution in [-0.4, -0.2) is 38.5 Å². The second-order valence-electron chi connectivity index (χ2n) is 5.31. The zero-order chi connectivity index (χ0) is 15.1. The Hall–Kier alpha value is -0.160. The number of ether oxygens (including phenoxy) is 3. The molecule has 0 fully saturated rings. The molecule has 0 rings (SSSR count). The van der Waals surface area contributed by atoms with Crippen LogP contribution in [0, 0.1) is 0 Å². The molecule has 0 radical (unpaired) electrons. The predicted molar refractivity (Wildman–Crippen MR) is 81.6 cm³/mol. The summed E-state index contributed by atoms with van der Waals surface area (Å²) in [5, 5.41) is 9.69. The molecule has 4 heteroatoms. The summed E-state index contributed by atoms with van der Waals surface area (Å²) in [6, 6.07) is 0. The molecule has 0 aromatic heterocycles. The van der Waals surface area contributed by atoms with Gasteiger partial charge in [0.05, 0.1) is 0 Å². The molecule has 0 amide bonds. The van der Waals surface area contributed by atoms with Crippen molar-refractivity contribution in [1.29, 1.82) is 0 Å². The van der Waals surface area contributed by atoms with Crippen molar-refractivity contribution in [1.82, 2.24) is 0 Å². The van der Waals surface area contributed by atoms with Crippen LogP contribution in [0.25, 0.3) is 0 Å². The first-order chi connectivity index (χ1) is 9.68. The molecular weight excluding hydrogens is 256 g/mol. The van der Waals surface area contributed by atoms with E-state index in [0.29, 0.717) is 13.0 Å². The van der Waals surface area contributed by atoms with Crippen molar-refractivity contribution in [3.05, 3.63) is 0 Å². The van der Waals surface area contributed by atoms with Crippen molar-refractivity contribution in [2.24, 2.45) is 0 Å². The first-order valence-corrected chi connectivity index (χ1v) is 8.09. The van der Waals surface area contributed by atoms with Crippen LogP contribution in [0.4, 0.5) is 0 Å². The Labute approximate surface area is 124 Å². The molecule has 0 aliphatic heterocycles. The van der Waals surface area contributed by atoms with Gasteiger partial charge in [-0.3, -0.25) is 0 Å². The SMILES string of the molecule is CCCCCCCCCCOCCCC(O)(OC)OC. The Kier molecular flexibility index (Phi) is 13.7.